The van der Waals surface area contributed by atoms with Gasteiger partial charge < -0.3 is 5.32 Å². The molecule has 0 atom stereocenters. The van der Waals surface area contributed by atoms with Crippen LogP contribution in [0.1, 0.15) is 25.2 Å². The molecule has 0 aromatic carbocycles. The summed E-state index contributed by atoms with van der Waals surface area (Å²) in [6.07, 6.45) is 5.66. The molecule has 0 aliphatic rings. The third kappa shape index (κ3) is 3.13. The summed E-state index contributed by atoms with van der Waals surface area (Å²) in [4.78, 5) is 4.24. The summed E-state index contributed by atoms with van der Waals surface area (Å²) in [6, 6.07) is 0. The number of nitrogens with zero attached hydrogens (tertiary/aromatic N) is 5. The largest absolute Gasteiger partial charge is 0.310 e. The van der Waals surface area contributed by atoms with Gasteiger partial charge in [0.1, 0.15) is 6.33 Å². The maximum Gasteiger partial charge on any atom is 0.164 e. The summed E-state index contributed by atoms with van der Waals surface area (Å²) >= 11 is 0. The summed E-state index contributed by atoms with van der Waals surface area (Å²) in [7, 11) is 0. The Kier molecular flexibility index (Phi) is 3.87. The lowest BCUT2D eigenvalue weighted by Gasteiger charge is -1.97. The molecular weight excluding hydrogens is 216 g/mol. The fourth-order valence-electron chi connectivity index (χ4n) is 1.58. The van der Waals surface area contributed by atoms with Crippen molar-refractivity contribution in [2.45, 2.75) is 33.5 Å². The smallest absolute Gasteiger partial charge is 0.164 e. The van der Waals surface area contributed by atoms with Crippen molar-refractivity contribution >= 4 is 0 Å². The first-order valence-corrected chi connectivity index (χ1v) is 5.92. The summed E-state index contributed by atoms with van der Waals surface area (Å²) in [6.45, 7) is 7.40. The molecule has 0 amide bonds. The molecular formula is C11H18N6. The minimum absolute atomic E-state index is 0.720. The average Bonchev–Trinajstić information content (AvgIpc) is 2.96. The molecule has 0 bridgehead atoms. The zero-order valence-electron chi connectivity index (χ0n) is 10.3. The standard InChI is InChI=1S/C11H18N6/c1-3-12-6-11-13-9-17(15-11)8-10-5-14-16(4-2)7-10/h5,7,9,12H,3-4,6,8H2,1-2H3. The lowest BCUT2D eigenvalue weighted by Crippen LogP contribution is -2.13. The Morgan fingerprint density at radius 3 is 2.88 bits per heavy atom. The number of nitrogens with one attached hydrogen (secondary N) is 1. The highest BCUT2D eigenvalue weighted by molar-refractivity contribution is 5.04. The van der Waals surface area contributed by atoms with Gasteiger partial charge in [-0.25, -0.2) is 9.67 Å². The Labute approximate surface area is 101 Å². The topological polar surface area (TPSA) is 60.6 Å². The molecule has 2 aromatic heterocycles. The van der Waals surface area contributed by atoms with Crippen molar-refractivity contribution < 1.29 is 0 Å². The number of aryl methyl sites for hydroxylation is 1. The third-order valence-corrected chi connectivity index (χ3v) is 2.47. The van der Waals surface area contributed by atoms with Crippen LogP contribution in [0.15, 0.2) is 18.7 Å². The highest BCUT2D eigenvalue weighted by Crippen LogP contribution is 2.01. The van der Waals surface area contributed by atoms with Crippen molar-refractivity contribution in [3.05, 3.63) is 30.1 Å². The molecule has 0 aliphatic heterocycles. The van der Waals surface area contributed by atoms with Crippen LogP contribution in [0.4, 0.5) is 0 Å². The lowest BCUT2D eigenvalue weighted by molar-refractivity contribution is 0.639. The van der Waals surface area contributed by atoms with Gasteiger partial charge in [0.2, 0.25) is 0 Å². The van der Waals surface area contributed by atoms with Gasteiger partial charge in [-0.2, -0.15) is 10.2 Å². The van der Waals surface area contributed by atoms with E-state index in [1.165, 1.54) is 0 Å². The van der Waals surface area contributed by atoms with Crippen LogP contribution in [0.3, 0.4) is 0 Å². The number of hydrogen-bond acceptors (Lipinski definition) is 4. The number of hydrogen-bond donors (Lipinski definition) is 1. The maximum absolute atomic E-state index is 4.38. The van der Waals surface area contributed by atoms with E-state index in [0.717, 1.165) is 37.6 Å². The summed E-state index contributed by atoms with van der Waals surface area (Å²) in [5, 5.41) is 11.8. The Balaban J connectivity index is 1.96. The molecule has 2 rings (SSSR count). The second-order valence-electron chi connectivity index (χ2n) is 3.84. The van der Waals surface area contributed by atoms with Crippen molar-refractivity contribution in [3.8, 4) is 0 Å². The molecule has 0 fully saturated rings. The zero-order chi connectivity index (χ0) is 12.1. The summed E-state index contributed by atoms with van der Waals surface area (Å²) in [5.41, 5.74) is 1.15. The van der Waals surface area contributed by atoms with E-state index in [4.69, 9.17) is 0 Å². The normalized spacial score (nSPS) is 10.9. The fraction of sp³-hybridized carbons (Fsp3) is 0.545. The van der Waals surface area contributed by atoms with Gasteiger partial charge in [-0.1, -0.05) is 6.92 Å². The van der Waals surface area contributed by atoms with Gasteiger partial charge in [-0.05, 0) is 13.5 Å². The predicted molar refractivity (Wildman–Crippen MR) is 64.4 cm³/mol. The van der Waals surface area contributed by atoms with Crippen molar-refractivity contribution in [2.75, 3.05) is 6.54 Å². The molecule has 17 heavy (non-hydrogen) atoms. The van der Waals surface area contributed by atoms with Gasteiger partial charge in [-0.15, -0.1) is 0 Å². The minimum atomic E-state index is 0.720. The minimum Gasteiger partial charge on any atom is -0.310 e. The summed E-state index contributed by atoms with van der Waals surface area (Å²) in [5.74, 6) is 0.828. The summed E-state index contributed by atoms with van der Waals surface area (Å²) < 4.78 is 3.75. The van der Waals surface area contributed by atoms with Gasteiger partial charge in [-0.3, -0.25) is 4.68 Å². The third-order valence-electron chi connectivity index (χ3n) is 2.47. The molecule has 0 aliphatic carbocycles. The quantitative estimate of drug-likeness (QED) is 0.797. The van der Waals surface area contributed by atoms with E-state index in [2.05, 4.69) is 34.3 Å². The van der Waals surface area contributed by atoms with Crippen LogP contribution in [-0.2, 0) is 19.6 Å². The molecule has 2 aromatic rings. The Morgan fingerprint density at radius 2 is 2.18 bits per heavy atom. The molecule has 1 N–H and O–H groups in total. The van der Waals surface area contributed by atoms with Crippen molar-refractivity contribution in [1.29, 1.82) is 0 Å². The van der Waals surface area contributed by atoms with Gasteiger partial charge in [0.05, 0.1) is 19.3 Å². The maximum atomic E-state index is 4.38. The van der Waals surface area contributed by atoms with E-state index in [0.29, 0.717) is 0 Å². The van der Waals surface area contributed by atoms with Crippen molar-refractivity contribution in [2.24, 2.45) is 0 Å². The highest BCUT2D eigenvalue weighted by atomic mass is 15.3. The first-order chi connectivity index (χ1) is 8.31. The molecule has 2 heterocycles. The molecule has 0 radical (unpaired) electrons. The monoisotopic (exact) mass is 234 g/mol. The fourth-order valence-corrected chi connectivity index (χ4v) is 1.58. The zero-order valence-corrected chi connectivity index (χ0v) is 10.3. The van der Waals surface area contributed by atoms with Crippen LogP contribution in [0, 0.1) is 0 Å². The molecule has 0 saturated heterocycles. The van der Waals surface area contributed by atoms with Gasteiger partial charge in [0, 0.05) is 18.3 Å². The Morgan fingerprint density at radius 1 is 1.29 bits per heavy atom. The number of rotatable bonds is 6. The predicted octanol–water partition coefficient (Wildman–Crippen LogP) is 0.652. The van der Waals surface area contributed by atoms with Crippen LogP contribution < -0.4 is 5.32 Å². The van der Waals surface area contributed by atoms with Crippen LogP contribution in [0.2, 0.25) is 0 Å². The van der Waals surface area contributed by atoms with E-state index in [-0.39, 0.29) is 0 Å². The first kappa shape index (κ1) is 11.8. The van der Waals surface area contributed by atoms with Gasteiger partial charge >= 0.3 is 0 Å². The molecule has 0 unspecified atom stereocenters. The molecule has 6 nitrogen and oxygen atoms in total. The van der Waals surface area contributed by atoms with E-state index in [1.807, 2.05) is 21.8 Å². The van der Waals surface area contributed by atoms with E-state index in [9.17, 15) is 0 Å². The van der Waals surface area contributed by atoms with Crippen molar-refractivity contribution in [3.63, 3.8) is 0 Å². The second-order valence-corrected chi connectivity index (χ2v) is 3.84. The van der Waals surface area contributed by atoms with Crippen LogP contribution in [0.5, 0.6) is 0 Å². The Bertz CT molecular complexity index is 458. The van der Waals surface area contributed by atoms with Gasteiger partial charge in [0.15, 0.2) is 5.82 Å². The van der Waals surface area contributed by atoms with Gasteiger partial charge in [0.25, 0.3) is 0 Å². The molecule has 0 saturated carbocycles. The lowest BCUT2D eigenvalue weighted by atomic mass is 10.4. The first-order valence-electron chi connectivity index (χ1n) is 5.92. The van der Waals surface area contributed by atoms with Crippen LogP contribution >= 0.6 is 0 Å². The molecule has 92 valence electrons. The van der Waals surface area contributed by atoms with E-state index >= 15 is 0 Å². The van der Waals surface area contributed by atoms with Crippen molar-refractivity contribution in [1.82, 2.24) is 29.9 Å². The second kappa shape index (κ2) is 5.58. The highest BCUT2D eigenvalue weighted by Gasteiger charge is 2.02. The number of aromatic nitrogens is 5. The SMILES string of the molecule is CCNCc1ncn(Cc2cnn(CC)c2)n1. The van der Waals surface area contributed by atoms with Crippen LogP contribution in [-0.4, -0.2) is 31.1 Å². The Hall–Kier alpha value is -1.69. The van der Waals surface area contributed by atoms with E-state index < -0.39 is 0 Å². The molecule has 0 spiro atoms. The van der Waals surface area contributed by atoms with E-state index in [1.54, 1.807) is 6.33 Å². The van der Waals surface area contributed by atoms with Crippen LogP contribution in [0.25, 0.3) is 0 Å². The average molecular weight is 234 g/mol. The molecule has 6 heteroatoms.